The summed E-state index contributed by atoms with van der Waals surface area (Å²) in [6, 6.07) is 0.564. The van der Waals surface area contributed by atoms with E-state index in [1.54, 1.807) is 24.2 Å². The Morgan fingerprint density at radius 3 is 2.73 bits per heavy atom. The molecular formula is C11H19N3S. The molecule has 0 saturated heterocycles. The summed E-state index contributed by atoms with van der Waals surface area (Å²) >= 11 is 1.77. The zero-order valence-corrected chi connectivity index (χ0v) is 10.4. The van der Waals surface area contributed by atoms with E-state index in [0.29, 0.717) is 12.0 Å². The molecule has 0 radical (unpaired) electrons. The van der Waals surface area contributed by atoms with Gasteiger partial charge in [-0.2, -0.15) is 0 Å². The minimum atomic E-state index is 0.564. The van der Waals surface area contributed by atoms with E-state index in [1.165, 1.54) is 0 Å². The van der Waals surface area contributed by atoms with E-state index >= 15 is 0 Å². The second-order valence-electron chi connectivity index (χ2n) is 4.02. The monoisotopic (exact) mass is 225 g/mol. The SMILES string of the molecule is CC(CNC(C)C)CSc1cnccn1. The molecule has 1 rings (SSSR count). The normalized spacial score (nSPS) is 13.1. The summed E-state index contributed by atoms with van der Waals surface area (Å²) in [5, 5.41) is 4.44. The van der Waals surface area contributed by atoms with Gasteiger partial charge in [0.1, 0.15) is 5.03 Å². The van der Waals surface area contributed by atoms with Crippen LogP contribution in [0.3, 0.4) is 0 Å². The van der Waals surface area contributed by atoms with Crippen molar-refractivity contribution in [2.45, 2.75) is 31.8 Å². The van der Waals surface area contributed by atoms with Crippen LogP contribution in [0.25, 0.3) is 0 Å². The highest BCUT2D eigenvalue weighted by molar-refractivity contribution is 7.99. The molecule has 4 heteroatoms. The van der Waals surface area contributed by atoms with Gasteiger partial charge in [0.15, 0.2) is 0 Å². The van der Waals surface area contributed by atoms with E-state index in [2.05, 4.69) is 36.1 Å². The van der Waals surface area contributed by atoms with E-state index in [-0.39, 0.29) is 0 Å². The molecule has 0 spiro atoms. The van der Waals surface area contributed by atoms with Crippen molar-refractivity contribution in [3.63, 3.8) is 0 Å². The summed E-state index contributed by atoms with van der Waals surface area (Å²) in [5.74, 6) is 1.73. The first-order chi connectivity index (χ1) is 7.18. The quantitative estimate of drug-likeness (QED) is 0.753. The molecule has 1 aromatic heterocycles. The zero-order chi connectivity index (χ0) is 11.1. The molecule has 0 aliphatic rings. The Bertz CT molecular complexity index is 264. The summed E-state index contributed by atoms with van der Waals surface area (Å²) in [5.41, 5.74) is 0. The predicted octanol–water partition coefficient (Wildman–Crippen LogP) is 2.20. The Balaban J connectivity index is 2.19. The first-order valence-corrected chi connectivity index (χ1v) is 6.29. The topological polar surface area (TPSA) is 37.8 Å². The van der Waals surface area contributed by atoms with Gasteiger partial charge in [-0.15, -0.1) is 11.8 Å². The Morgan fingerprint density at radius 1 is 1.33 bits per heavy atom. The fourth-order valence-corrected chi connectivity index (χ4v) is 1.93. The second kappa shape index (κ2) is 6.80. The van der Waals surface area contributed by atoms with Crippen molar-refractivity contribution in [1.82, 2.24) is 15.3 Å². The maximum absolute atomic E-state index is 4.23. The van der Waals surface area contributed by atoms with Crippen LogP contribution in [0.15, 0.2) is 23.6 Å². The lowest BCUT2D eigenvalue weighted by Crippen LogP contribution is -2.28. The van der Waals surface area contributed by atoms with Crippen LogP contribution in [0.5, 0.6) is 0 Å². The van der Waals surface area contributed by atoms with E-state index in [9.17, 15) is 0 Å². The number of nitrogens with zero attached hydrogens (tertiary/aromatic N) is 2. The number of hydrogen-bond donors (Lipinski definition) is 1. The van der Waals surface area contributed by atoms with Crippen LogP contribution in [-0.2, 0) is 0 Å². The molecule has 1 aromatic rings. The third kappa shape index (κ3) is 5.74. The standard InChI is InChI=1S/C11H19N3S/c1-9(2)14-6-10(3)8-15-11-7-12-4-5-13-11/h4-5,7,9-10,14H,6,8H2,1-3H3. The predicted molar refractivity (Wildman–Crippen MR) is 65.1 cm³/mol. The largest absolute Gasteiger partial charge is 0.314 e. The van der Waals surface area contributed by atoms with Gasteiger partial charge in [-0.3, -0.25) is 4.98 Å². The maximum atomic E-state index is 4.23. The molecule has 0 bridgehead atoms. The van der Waals surface area contributed by atoms with Gasteiger partial charge < -0.3 is 5.32 Å². The molecule has 1 N–H and O–H groups in total. The summed E-state index contributed by atoms with van der Waals surface area (Å²) in [4.78, 5) is 8.26. The first kappa shape index (κ1) is 12.5. The molecule has 0 fully saturated rings. The number of nitrogens with one attached hydrogen (secondary N) is 1. The molecule has 0 aromatic carbocycles. The second-order valence-corrected chi connectivity index (χ2v) is 5.06. The van der Waals surface area contributed by atoms with Gasteiger partial charge in [-0.1, -0.05) is 20.8 Å². The highest BCUT2D eigenvalue weighted by atomic mass is 32.2. The molecule has 0 aliphatic carbocycles. The summed E-state index contributed by atoms with van der Waals surface area (Å²) in [6.45, 7) is 7.65. The third-order valence-electron chi connectivity index (χ3n) is 1.93. The maximum Gasteiger partial charge on any atom is 0.114 e. The van der Waals surface area contributed by atoms with Crippen LogP contribution >= 0.6 is 11.8 Å². The van der Waals surface area contributed by atoms with Crippen molar-refractivity contribution in [2.75, 3.05) is 12.3 Å². The summed E-state index contributed by atoms with van der Waals surface area (Å²) < 4.78 is 0. The smallest absolute Gasteiger partial charge is 0.114 e. The molecule has 1 unspecified atom stereocenters. The average Bonchev–Trinajstić information content (AvgIpc) is 2.25. The Morgan fingerprint density at radius 2 is 2.13 bits per heavy atom. The highest BCUT2D eigenvalue weighted by Gasteiger charge is 2.04. The lowest BCUT2D eigenvalue weighted by molar-refractivity contribution is 0.510. The van der Waals surface area contributed by atoms with Crippen LogP contribution < -0.4 is 5.32 Å². The number of aromatic nitrogens is 2. The molecule has 0 aliphatic heterocycles. The Labute approximate surface area is 96.1 Å². The summed E-state index contributed by atoms with van der Waals surface area (Å²) in [7, 11) is 0. The van der Waals surface area contributed by atoms with Crippen LogP contribution in [0.2, 0.25) is 0 Å². The average molecular weight is 225 g/mol. The molecule has 0 saturated carbocycles. The lowest BCUT2D eigenvalue weighted by Gasteiger charge is -2.13. The van der Waals surface area contributed by atoms with Crippen molar-refractivity contribution < 1.29 is 0 Å². The lowest BCUT2D eigenvalue weighted by atomic mass is 10.2. The molecular weight excluding hydrogens is 206 g/mol. The Hall–Kier alpha value is -0.610. The van der Waals surface area contributed by atoms with Crippen molar-refractivity contribution in [3.8, 4) is 0 Å². The minimum absolute atomic E-state index is 0.564. The number of hydrogen-bond acceptors (Lipinski definition) is 4. The van der Waals surface area contributed by atoms with Gasteiger partial charge in [0, 0.05) is 24.2 Å². The van der Waals surface area contributed by atoms with Crippen LogP contribution in [0, 0.1) is 5.92 Å². The van der Waals surface area contributed by atoms with Crippen molar-refractivity contribution in [2.24, 2.45) is 5.92 Å². The molecule has 15 heavy (non-hydrogen) atoms. The summed E-state index contributed by atoms with van der Waals surface area (Å²) in [6.07, 6.45) is 5.25. The number of rotatable bonds is 6. The molecule has 0 amide bonds. The number of thioether (sulfide) groups is 1. The Kier molecular flexibility index (Phi) is 5.65. The third-order valence-corrected chi connectivity index (χ3v) is 3.17. The van der Waals surface area contributed by atoms with Crippen molar-refractivity contribution >= 4 is 11.8 Å². The van der Waals surface area contributed by atoms with Crippen molar-refractivity contribution in [1.29, 1.82) is 0 Å². The highest BCUT2D eigenvalue weighted by Crippen LogP contribution is 2.16. The molecule has 1 heterocycles. The van der Waals surface area contributed by atoms with Crippen LogP contribution in [-0.4, -0.2) is 28.3 Å². The first-order valence-electron chi connectivity index (χ1n) is 5.30. The van der Waals surface area contributed by atoms with Crippen LogP contribution in [0.4, 0.5) is 0 Å². The van der Waals surface area contributed by atoms with Gasteiger partial charge >= 0.3 is 0 Å². The molecule has 3 nitrogen and oxygen atoms in total. The van der Waals surface area contributed by atoms with E-state index < -0.39 is 0 Å². The van der Waals surface area contributed by atoms with Gasteiger partial charge in [-0.05, 0) is 12.5 Å². The van der Waals surface area contributed by atoms with Crippen LogP contribution in [0.1, 0.15) is 20.8 Å². The van der Waals surface area contributed by atoms with Gasteiger partial charge in [0.2, 0.25) is 0 Å². The van der Waals surface area contributed by atoms with E-state index in [1.807, 2.05) is 6.20 Å². The minimum Gasteiger partial charge on any atom is -0.314 e. The van der Waals surface area contributed by atoms with Crippen molar-refractivity contribution in [3.05, 3.63) is 18.6 Å². The van der Waals surface area contributed by atoms with Gasteiger partial charge in [0.25, 0.3) is 0 Å². The molecule has 1 atom stereocenters. The van der Waals surface area contributed by atoms with Gasteiger partial charge in [-0.25, -0.2) is 4.98 Å². The van der Waals surface area contributed by atoms with E-state index in [4.69, 9.17) is 0 Å². The molecule has 84 valence electrons. The fourth-order valence-electron chi connectivity index (χ4n) is 1.08. The van der Waals surface area contributed by atoms with E-state index in [0.717, 1.165) is 17.3 Å². The zero-order valence-electron chi connectivity index (χ0n) is 9.60. The van der Waals surface area contributed by atoms with Gasteiger partial charge in [0.05, 0.1) is 6.20 Å². The fraction of sp³-hybridized carbons (Fsp3) is 0.636.